The zero-order chi connectivity index (χ0) is 19.6. The smallest absolute Gasteiger partial charge is 0.243 e. The Morgan fingerprint density at radius 3 is 2.29 bits per heavy atom. The van der Waals surface area contributed by atoms with E-state index >= 15 is 0 Å². The molecule has 1 aromatic heterocycles. The third kappa shape index (κ3) is 4.31. The van der Waals surface area contributed by atoms with E-state index in [1.807, 2.05) is 31.6 Å². The Labute approximate surface area is 168 Å². The Balaban J connectivity index is 1.37. The number of rotatable bonds is 5. The normalized spacial score (nSPS) is 20.5. The molecule has 0 radical (unpaired) electrons. The molecule has 152 valence electrons. The maximum absolute atomic E-state index is 13.0. The van der Waals surface area contributed by atoms with Gasteiger partial charge in [-0.05, 0) is 36.5 Å². The van der Waals surface area contributed by atoms with Crippen LogP contribution in [0.2, 0.25) is 0 Å². The van der Waals surface area contributed by atoms with Crippen LogP contribution in [0.4, 0.5) is 0 Å². The highest BCUT2D eigenvalue weighted by Gasteiger charge is 2.28. The number of piperazine rings is 1. The first-order valence-electron chi connectivity index (χ1n) is 10.3. The van der Waals surface area contributed by atoms with Crippen molar-refractivity contribution in [2.75, 3.05) is 26.2 Å². The lowest BCUT2D eigenvalue weighted by Gasteiger charge is -2.33. The van der Waals surface area contributed by atoms with Gasteiger partial charge >= 0.3 is 0 Å². The van der Waals surface area contributed by atoms with Crippen molar-refractivity contribution in [2.24, 2.45) is 7.05 Å². The Morgan fingerprint density at radius 2 is 1.68 bits per heavy atom. The summed E-state index contributed by atoms with van der Waals surface area (Å²) in [4.78, 5) is 2.71. The van der Waals surface area contributed by atoms with Crippen LogP contribution in [0.25, 0.3) is 0 Å². The van der Waals surface area contributed by atoms with Crippen LogP contribution in [-0.2, 0) is 23.6 Å². The minimum atomic E-state index is -3.41. The molecule has 0 amide bonds. The summed E-state index contributed by atoms with van der Waals surface area (Å²) < 4.78 is 29.5. The van der Waals surface area contributed by atoms with E-state index in [0.717, 1.165) is 25.2 Å². The van der Waals surface area contributed by atoms with Gasteiger partial charge in [-0.1, -0.05) is 31.4 Å². The lowest BCUT2D eigenvalue weighted by molar-refractivity contribution is 0.181. The second-order valence-electron chi connectivity index (χ2n) is 8.11. The van der Waals surface area contributed by atoms with Crippen molar-refractivity contribution in [1.82, 2.24) is 19.0 Å². The largest absolute Gasteiger partial charge is 0.296 e. The van der Waals surface area contributed by atoms with Crippen molar-refractivity contribution in [3.8, 4) is 0 Å². The van der Waals surface area contributed by atoms with Crippen molar-refractivity contribution >= 4 is 10.0 Å². The molecule has 6 nitrogen and oxygen atoms in total. The molecule has 0 N–H and O–H groups in total. The minimum Gasteiger partial charge on any atom is -0.296 e. The van der Waals surface area contributed by atoms with E-state index in [1.54, 1.807) is 21.1 Å². The van der Waals surface area contributed by atoms with Crippen LogP contribution in [-0.4, -0.2) is 53.6 Å². The summed E-state index contributed by atoms with van der Waals surface area (Å²) in [5, 5.41) is 4.20. The fourth-order valence-corrected chi connectivity index (χ4v) is 5.86. The van der Waals surface area contributed by atoms with Crippen LogP contribution < -0.4 is 0 Å². The lowest BCUT2D eigenvalue weighted by atomic mass is 9.84. The van der Waals surface area contributed by atoms with E-state index < -0.39 is 10.0 Å². The molecule has 1 aromatic carbocycles. The SMILES string of the molecule is Cn1cc(CN2CCN(S(=O)(=O)c3ccc(C4CCCCC4)cc3)CC2)cn1. The van der Waals surface area contributed by atoms with Gasteiger partial charge in [-0.15, -0.1) is 0 Å². The van der Waals surface area contributed by atoms with E-state index in [4.69, 9.17) is 0 Å². The zero-order valence-electron chi connectivity index (χ0n) is 16.6. The average Bonchev–Trinajstić information content (AvgIpc) is 3.14. The van der Waals surface area contributed by atoms with Gasteiger partial charge in [0.15, 0.2) is 0 Å². The second kappa shape index (κ2) is 8.35. The van der Waals surface area contributed by atoms with Crippen LogP contribution in [0.3, 0.4) is 0 Å². The number of benzene rings is 1. The summed E-state index contributed by atoms with van der Waals surface area (Å²) in [5.74, 6) is 0.599. The fraction of sp³-hybridized carbons (Fsp3) is 0.571. The van der Waals surface area contributed by atoms with E-state index in [-0.39, 0.29) is 0 Å². The summed E-state index contributed by atoms with van der Waals surface area (Å²) >= 11 is 0. The van der Waals surface area contributed by atoms with Crippen molar-refractivity contribution < 1.29 is 8.42 Å². The number of hydrogen-bond donors (Lipinski definition) is 0. The molecule has 2 aromatic rings. The highest BCUT2D eigenvalue weighted by molar-refractivity contribution is 7.89. The fourth-order valence-electron chi connectivity index (χ4n) is 4.44. The number of hydrogen-bond acceptors (Lipinski definition) is 4. The minimum absolute atomic E-state index is 0.424. The number of aryl methyl sites for hydroxylation is 1. The van der Waals surface area contributed by atoms with Crippen LogP contribution >= 0.6 is 0 Å². The molecule has 28 heavy (non-hydrogen) atoms. The van der Waals surface area contributed by atoms with Gasteiger partial charge in [0, 0.05) is 51.5 Å². The first-order valence-corrected chi connectivity index (χ1v) is 11.8. The Morgan fingerprint density at radius 1 is 1.00 bits per heavy atom. The number of nitrogens with zero attached hydrogens (tertiary/aromatic N) is 4. The summed E-state index contributed by atoms with van der Waals surface area (Å²) in [6.45, 7) is 3.38. The van der Waals surface area contributed by atoms with Crippen molar-refractivity contribution in [2.45, 2.75) is 49.5 Å². The quantitative estimate of drug-likeness (QED) is 0.772. The molecule has 0 unspecified atom stereocenters. The molecule has 1 saturated carbocycles. The molecule has 0 bridgehead atoms. The molecule has 1 saturated heterocycles. The standard InChI is InChI=1S/C21H30N4O2S/c1-23-16-18(15-22-23)17-24-11-13-25(14-12-24)28(26,27)21-9-7-20(8-10-21)19-5-3-2-4-6-19/h7-10,15-16,19H,2-6,11-14,17H2,1H3. The van der Waals surface area contributed by atoms with Crippen LogP contribution in [0.1, 0.15) is 49.1 Å². The van der Waals surface area contributed by atoms with E-state index in [0.29, 0.717) is 23.9 Å². The molecule has 0 spiro atoms. The number of aromatic nitrogens is 2. The molecule has 1 aliphatic carbocycles. The molecule has 0 atom stereocenters. The van der Waals surface area contributed by atoms with Crippen molar-refractivity contribution in [3.63, 3.8) is 0 Å². The van der Waals surface area contributed by atoms with Gasteiger partial charge in [-0.25, -0.2) is 8.42 Å². The first kappa shape index (κ1) is 19.6. The monoisotopic (exact) mass is 402 g/mol. The molecule has 7 heteroatoms. The lowest BCUT2D eigenvalue weighted by Crippen LogP contribution is -2.48. The molecular formula is C21H30N4O2S. The Kier molecular flexibility index (Phi) is 5.85. The topological polar surface area (TPSA) is 58.4 Å². The summed E-state index contributed by atoms with van der Waals surface area (Å²) in [7, 11) is -1.50. The van der Waals surface area contributed by atoms with E-state index in [1.165, 1.54) is 37.7 Å². The summed E-state index contributed by atoms with van der Waals surface area (Å²) in [6.07, 6.45) is 10.2. The molecular weight excluding hydrogens is 372 g/mol. The van der Waals surface area contributed by atoms with Crippen molar-refractivity contribution in [3.05, 3.63) is 47.8 Å². The summed E-state index contributed by atoms with van der Waals surface area (Å²) in [6, 6.07) is 7.67. The zero-order valence-corrected chi connectivity index (χ0v) is 17.4. The van der Waals surface area contributed by atoms with E-state index in [9.17, 15) is 8.42 Å². The molecule has 2 fully saturated rings. The van der Waals surface area contributed by atoms with Gasteiger partial charge in [-0.2, -0.15) is 9.40 Å². The van der Waals surface area contributed by atoms with Crippen LogP contribution in [0.5, 0.6) is 0 Å². The predicted molar refractivity (Wildman–Crippen MR) is 110 cm³/mol. The maximum atomic E-state index is 13.0. The van der Waals surface area contributed by atoms with Gasteiger partial charge in [0.05, 0.1) is 11.1 Å². The molecule has 2 heterocycles. The second-order valence-corrected chi connectivity index (χ2v) is 10.0. The highest BCUT2D eigenvalue weighted by Crippen LogP contribution is 2.33. The number of sulfonamides is 1. The molecule has 4 rings (SSSR count). The Hall–Kier alpha value is -1.70. The average molecular weight is 403 g/mol. The Bertz CT molecular complexity index is 877. The van der Waals surface area contributed by atoms with Crippen LogP contribution in [0.15, 0.2) is 41.6 Å². The summed E-state index contributed by atoms with van der Waals surface area (Å²) in [5.41, 5.74) is 2.46. The van der Waals surface area contributed by atoms with E-state index in [2.05, 4.69) is 10.00 Å². The first-order chi connectivity index (χ1) is 13.5. The molecule has 2 aliphatic rings. The van der Waals surface area contributed by atoms with Gasteiger partial charge in [0.1, 0.15) is 0 Å². The third-order valence-electron chi connectivity index (χ3n) is 6.09. The van der Waals surface area contributed by atoms with Crippen LogP contribution in [0, 0.1) is 0 Å². The third-order valence-corrected chi connectivity index (χ3v) is 8.00. The van der Waals surface area contributed by atoms with Gasteiger partial charge in [0.2, 0.25) is 10.0 Å². The highest BCUT2D eigenvalue weighted by atomic mass is 32.2. The van der Waals surface area contributed by atoms with Crippen molar-refractivity contribution in [1.29, 1.82) is 0 Å². The van der Waals surface area contributed by atoms with Gasteiger partial charge in [0.25, 0.3) is 0 Å². The molecule has 1 aliphatic heterocycles. The maximum Gasteiger partial charge on any atom is 0.243 e. The van der Waals surface area contributed by atoms with Gasteiger partial charge < -0.3 is 0 Å². The van der Waals surface area contributed by atoms with Gasteiger partial charge in [-0.3, -0.25) is 9.58 Å². The predicted octanol–water partition coefficient (Wildman–Crippen LogP) is 2.97.